The molecule has 3 rings (SSSR count). The zero-order valence-corrected chi connectivity index (χ0v) is 19.7. The zero-order valence-electron chi connectivity index (χ0n) is 18.1. The number of rotatable bonds is 7. The molecule has 0 bridgehead atoms. The molecule has 0 aliphatic rings. The van der Waals surface area contributed by atoms with Crippen LogP contribution in [0.25, 0.3) is 0 Å². The van der Waals surface area contributed by atoms with Crippen LogP contribution in [0.4, 0.5) is 15.8 Å². The fraction of sp³-hybridized carbons (Fsp3) is 0.261. The van der Waals surface area contributed by atoms with Crippen molar-refractivity contribution in [1.29, 1.82) is 0 Å². The van der Waals surface area contributed by atoms with Crippen molar-refractivity contribution in [2.75, 3.05) is 17.7 Å². The Balaban J connectivity index is 1.81. The molecule has 0 saturated carbocycles. The molecule has 2 N–H and O–H groups in total. The molecule has 1 heterocycles. The van der Waals surface area contributed by atoms with Gasteiger partial charge >= 0.3 is 0 Å². The van der Waals surface area contributed by atoms with E-state index in [-0.39, 0.29) is 22.2 Å². The number of carbonyl (C=O) groups excluding carboxylic acids is 2. The normalized spacial score (nSPS) is 10.8. The van der Waals surface area contributed by atoms with Crippen LogP contribution in [-0.2, 0) is 6.42 Å². The van der Waals surface area contributed by atoms with Gasteiger partial charge in [-0.05, 0) is 49.2 Å². The topological polar surface area (TPSA) is 80.3 Å². The van der Waals surface area contributed by atoms with Gasteiger partial charge in [-0.25, -0.2) is 9.37 Å². The number of ether oxygens (including phenoxy) is 1. The fourth-order valence-corrected chi connectivity index (χ4v) is 4.36. The van der Waals surface area contributed by atoms with E-state index in [9.17, 15) is 14.0 Å². The molecule has 6 nitrogen and oxygen atoms in total. The second-order valence-corrected chi connectivity index (χ2v) is 9.09. The van der Waals surface area contributed by atoms with Crippen LogP contribution < -0.4 is 15.4 Å². The maximum Gasteiger partial charge on any atom is 0.267 e. The van der Waals surface area contributed by atoms with Gasteiger partial charge in [0.05, 0.1) is 29.1 Å². The van der Waals surface area contributed by atoms with E-state index in [1.54, 1.807) is 25.1 Å². The first-order valence-corrected chi connectivity index (χ1v) is 11.1. The highest BCUT2D eigenvalue weighted by atomic mass is 35.5. The summed E-state index contributed by atoms with van der Waals surface area (Å²) in [4.78, 5) is 30.4. The second-order valence-electron chi connectivity index (χ2n) is 7.57. The fourth-order valence-electron chi connectivity index (χ4n) is 3.03. The number of methoxy groups -OCH3 is 1. The number of aromatic nitrogens is 1. The van der Waals surface area contributed by atoms with Crippen LogP contribution in [0.15, 0.2) is 36.4 Å². The molecule has 0 atom stereocenters. The molecule has 0 unspecified atom stereocenters. The lowest BCUT2D eigenvalue weighted by molar-refractivity contribution is 0.101. The smallest absolute Gasteiger partial charge is 0.267 e. The van der Waals surface area contributed by atoms with Crippen molar-refractivity contribution in [1.82, 2.24) is 4.98 Å². The van der Waals surface area contributed by atoms with Gasteiger partial charge in [0.25, 0.3) is 11.8 Å². The Morgan fingerprint density at radius 1 is 1.16 bits per heavy atom. The summed E-state index contributed by atoms with van der Waals surface area (Å²) in [6.07, 6.45) is 0.804. The summed E-state index contributed by atoms with van der Waals surface area (Å²) in [6, 6.07) is 8.60. The maximum atomic E-state index is 14.1. The van der Waals surface area contributed by atoms with Crippen molar-refractivity contribution >= 4 is 46.1 Å². The van der Waals surface area contributed by atoms with E-state index in [1.165, 1.54) is 30.6 Å². The molecule has 3 aromatic rings. The molecule has 0 fully saturated rings. The summed E-state index contributed by atoms with van der Waals surface area (Å²) in [5.41, 5.74) is 1.24. The number of thiazole rings is 1. The zero-order chi connectivity index (χ0) is 23.4. The van der Waals surface area contributed by atoms with Crippen LogP contribution in [0.2, 0.25) is 5.02 Å². The quantitative estimate of drug-likeness (QED) is 0.442. The monoisotopic (exact) mass is 475 g/mol. The van der Waals surface area contributed by atoms with Crippen molar-refractivity contribution in [2.24, 2.45) is 5.92 Å². The highest BCUT2D eigenvalue weighted by molar-refractivity contribution is 7.13. The minimum atomic E-state index is -0.740. The summed E-state index contributed by atoms with van der Waals surface area (Å²) >= 11 is 7.12. The maximum absolute atomic E-state index is 14.1. The van der Waals surface area contributed by atoms with Crippen LogP contribution in [0.5, 0.6) is 5.75 Å². The van der Waals surface area contributed by atoms with Crippen LogP contribution in [0.3, 0.4) is 0 Å². The standard InChI is InChI=1S/C23H23ClFN3O3S/c1-12(2)9-20-26-13(3)21(32-20)23(30)27-15-6-8-19(31-4)18(11-15)28-22(29)16-7-5-14(24)10-17(16)25/h5-8,10-12H,9H2,1-4H3,(H,27,30)(H,28,29). The summed E-state index contributed by atoms with van der Waals surface area (Å²) in [5.74, 6) is -0.899. The SMILES string of the molecule is COc1ccc(NC(=O)c2sc(CC(C)C)nc2C)cc1NC(=O)c1ccc(Cl)cc1F. The lowest BCUT2D eigenvalue weighted by Gasteiger charge is -2.13. The number of nitrogens with zero attached hydrogens (tertiary/aromatic N) is 1. The third kappa shape index (κ3) is 5.63. The van der Waals surface area contributed by atoms with Crippen molar-refractivity contribution in [3.63, 3.8) is 0 Å². The summed E-state index contributed by atoms with van der Waals surface area (Å²) in [5, 5.41) is 6.55. The molecule has 9 heteroatoms. The van der Waals surface area contributed by atoms with Crippen LogP contribution in [-0.4, -0.2) is 23.9 Å². The molecular formula is C23H23ClFN3O3S. The van der Waals surface area contributed by atoms with Crippen LogP contribution >= 0.6 is 22.9 Å². The number of halogens is 2. The van der Waals surface area contributed by atoms with Crippen molar-refractivity contribution in [3.8, 4) is 5.75 Å². The van der Waals surface area contributed by atoms with E-state index < -0.39 is 11.7 Å². The minimum Gasteiger partial charge on any atom is -0.495 e. The third-order valence-electron chi connectivity index (χ3n) is 4.51. The van der Waals surface area contributed by atoms with Crippen LogP contribution in [0, 0.1) is 18.7 Å². The number of anilines is 2. The molecular weight excluding hydrogens is 453 g/mol. The minimum absolute atomic E-state index is 0.163. The predicted molar refractivity (Wildman–Crippen MR) is 126 cm³/mol. The molecule has 1 aromatic heterocycles. The third-order valence-corrected chi connectivity index (χ3v) is 5.92. The van der Waals surface area contributed by atoms with Gasteiger partial charge in [0.15, 0.2) is 0 Å². The molecule has 168 valence electrons. The number of nitrogens with one attached hydrogen (secondary N) is 2. The van der Waals surface area contributed by atoms with Gasteiger partial charge in [-0.3, -0.25) is 9.59 Å². The van der Waals surface area contributed by atoms with Crippen molar-refractivity contribution in [3.05, 3.63) is 68.4 Å². The van der Waals surface area contributed by atoms with Gasteiger partial charge in [-0.2, -0.15) is 0 Å². The Kier molecular flexibility index (Phi) is 7.48. The molecule has 0 aliphatic carbocycles. The Labute approximate surface area is 194 Å². The van der Waals surface area contributed by atoms with Gasteiger partial charge in [-0.15, -0.1) is 11.3 Å². The van der Waals surface area contributed by atoms with Gasteiger partial charge in [0, 0.05) is 17.1 Å². The molecule has 2 aromatic carbocycles. The largest absolute Gasteiger partial charge is 0.495 e. The van der Waals surface area contributed by atoms with E-state index in [0.717, 1.165) is 17.5 Å². The van der Waals surface area contributed by atoms with Gasteiger partial charge < -0.3 is 15.4 Å². The number of amides is 2. The molecule has 32 heavy (non-hydrogen) atoms. The summed E-state index contributed by atoms with van der Waals surface area (Å²) < 4.78 is 19.4. The van der Waals surface area contributed by atoms with Crippen LogP contribution in [0.1, 0.15) is 44.6 Å². The first kappa shape index (κ1) is 23.7. The number of carbonyl (C=O) groups is 2. The van der Waals surface area contributed by atoms with E-state index in [4.69, 9.17) is 16.3 Å². The Morgan fingerprint density at radius 3 is 2.56 bits per heavy atom. The van der Waals surface area contributed by atoms with Crippen molar-refractivity contribution < 1.29 is 18.7 Å². The van der Waals surface area contributed by atoms with E-state index in [1.807, 2.05) is 0 Å². The van der Waals surface area contributed by atoms with Gasteiger partial charge in [-0.1, -0.05) is 25.4 Å². The molecule has 0 spiro atoms. The van der Waals surface area contributed by atoms with Gasteiger partial charge in [0.1, 0.15) is 16.4 Å². The highest BCUT2D eigenvalue weighted by Gasteiger charge is 2.18. The predicted octanol–water partition coefficient (Wildman–Crippen LogP) is 5.96. The number of hydrogen-bond acceptors (Lipinski definition) is 5. The highest BCUT2D eigenvalue weighted by Crippen LogP contribution is 2.30. The van der Waals surface area contributed by atoms with Gasteiger partial charge in [0.2, 0.25) is 0 Å². The van der Waals surface area contributed by atoms with E-state index in [0.29, 0.717) is 27.9 Å². The number of hydrogen-bond donors (Lipinski definition) is 2. The average molecular weight is 476 g/mol. The molecule has 0 saturated heterocycles. The number of benzene rings is 2. The lowest BCUT2D eigenvalue weighted by Crippen LogP contribution is -2.15. The first-order chi connectivity index (χ1) is 15.2. The van der Waals surface area contributed by atoms with E-state index in [2.05, 4.69) is 29.5 Å². The number of aryl methyl sites for hydroxylation is 1. The second kappa shape index (κ2) is 10.1. The van der Waals surface area contributed by atoms with E-state index >= 15 is 0 Å². The Hall–Kier alpha value is -2.97. The Bertz CT molecular complexity index is 1160. The molecule has 0 aliphatic heterocycles. The summed E-state index contributed by atoms with van der Waals surface area (Å²) in [6.45, 7) is 5.99. The lowest BCUT2D eigenvalue weighted by atomic mass is 10.1. The Morgan fingerprint density at radius 2 is 1.91 bits per heavy atom. The summed E-state index contributed by atoms with van der Waals surface area (Å²) in [7, 11) is 1.45. The average Bonchev–Trinajstić information content (AvgIpc) is 3.07. The van der Waals surface area contributed by atoms with Crippen molar-refractivity contribution in [2.45, 2.75) is 27.2 Å². The molecule has 0 radical (unpaired) electrons. The molecule has 2 amide bonds. The first-order valence-electron chi connectivity index (χ1n) is 9.90.